The Kier molecular flexibility index (Phi) is 3.59. The molecule has 0 bridgehead atoms. The third-order valence-electron chi connectivity index (χ3n) is 2.79. The normalized spacial score (nSPS) is 21.4. The minimum atomic E-state index is -0.536. The van der Waals surface area contributed by atoms with E-state index in [1.807, 2.05) is 6.08 Å². The molecule has 1 aliphatic rings. The van der Waals surface area contributed by atoms with E-state index >= 15 is 0 Å². The van der Waals surface area contributed by atoms with Gasteiger partial charge in [-0.05, 0) is 42.5 Å². The van der Waals surface area contributed by atoms with Crippen LogP contribution >= 0.6 is 11.6 Å². The molecule has 0 nitrogen and oxygen atoms in total. The Morgan fingerprint density at radius 2 is 1.75 bits per heavy atom. The van der Waals surface area contributed by atoms with E-state index < -0.39 is 11.6 Å². The third-order valence-corrected chi connectivity index (χ3v) is 3.14. The molecule has 0 amide bonds. The van der Waals surface area contributed by atoms with Gasteiger partial charge in [-0.25, -0.2) is 8.78 Å². The van der Waals surface area contributed by atoms with Gasteiger partial charge in [0.15, 0.2) is 0 Å². The van der Waals surface area contributed by atoms with Gasteiger partial charge in [0, 0.05) is 6.07 Å². The van der Waals surface area contributed by atoms with Crippen LogP contribution < -0.4 is 0 Å². The number of hydrogen-bond acceptors (Lipinski definition) is 0. The quantitative estimate of drug-likeness (QED) is 0.635. The second kappa shape index (κ2) is 4.96. The molecule has 3 heteroatoms. The van der Waals surface area contributed by atoms with Gasteiger partial charge in [-0.1, -0.05) is 12.5 Å². The molecule has 0 N–H and O–H groups in total. The Hall–Kier alpha value is -0.890. The summed E-state index contributed by atoms with van der Waals surface area (Å²) in [6, 6.07) is 3.62. The zero-order chi connectivity index (χ0) is 11.5. The van der Waals surface area contributed by atoms with Crippen LogP contribution in [0.25, 0.3) is 5.57 Å². The molecule has 2 rings (SSSR count). The molecule has 0 saturated carbocycles. The first-order valence-corrected chi connectivity index (χ1v) is 5.90. The van der Waals surface area contributed by atoms with Crippen molar-refractivity contribution in [1.29, 1.82) is 0 Å². The first kappa shape index (κ1) is 11.6. The summed E-state index contributed by atoms with van der Waals surface area (Å²) in [7, 11) is 0. The summed E-state index contributed by atoms with van der Waals surface area (Å²) in [5.41, 5.74) is 1.57. The molecule has 1 atom stereocenters. The Labute approximate surface area is 98.9 Å². The largest absolute Gasteiger partial charge is 0.207 e. The molecule has 0 fully saturated rings. The average Bonchev–Trinajstić information content (AvgIpc) is 2.41. The maximum Gasteiger partial charge on any atom is 0.126 e. The number of benzene rings is 1. The van der Waals surface area contributed by atoms with Crippen molar-refractivity contribution in [2.75, 3.05) is 0 Å². The van der Waals surface area contributed by atoms with Gasteiger partial charge in [0.25, 0.3) is 0 Å². The Morgan fingerprint density at radius 1 is 1.06 bits per heavy atom. The van der Waals surface area contributed by atoms with Crippen LogP contribution in [0, 0.1) is 11.6 Å². The number of allylic oxidation sites excluding steroid dienone is 2. The van der Waals surface area contributed by atoms with Crippen LogP contribution in [0.3, 0.4) is 0 Å². The van der Waals surface area contributed by atoms with E-state index in [1.54, 1.807) is 0 Å². The van der Waals surface area contributed by atoms with Gasteiger partial charge in [-0.2, -0.15) is 0 Å². The van der Waals surface area contributed by atoms with E-state index in [4.69, 9.17) is 11.6 Å². The molecular weight excluding hydrogens is 230 g/mol. The lowest BCUT2D eigenvalue weighted by Gasteiger charge is -2.06. The van der Waals surface area contributed by atoms with Gasteiger partial charge in [0.05, 0.1) is 5.38 Å². The van der Waals surface area contributed by atoms with Crippen molar-refractivity contribution in [1.82, 2.24) is 0 Å². The molecule has 1 unspecified atom stereocenters. The van der Waals surface area contributed by atoms with Crippen molar-refractivity contribution in [2.45, 2.75) is 31.1 Å². The molecule has 0 aliphatic heterocycles. The summed E-state index contributed by atoms with van der Waals surface area (Å²) in [6.45, 7) is 0. The fourth-order valence-corrected chi connectivity index (χ4v) is 2.33. The topological polar surface area (TPSA) is 0 Å². The van der Waals surface area contributed by atoms with Crippen LogP contribution in [-0.2, 0) is 0 Å². The van der Waals surface area contributed by atoms with E-state index in [9.17, 15) is 8.78 Å². The average molecular weight is 243 g/mol. The Balaban J connectivity index is 2.34. The standard InChI is InChI=1S/C13H13ClF2/c14-11-4-2-1-3-9(5-11)10-6-12(15)8-13(16)7-10/h5-8,11H,1-4H2. The smallest absolute Gasteiger partial charge is 0.126 e. The van der Waals surface area contributed by atoms with Crippen LogP contribution in [0.5, 0.6) is 0 Å². The fraction of sp³-hybridized carbons (Fsp3) is 0.385. The second-order valence-electron chi connectivity index (χ2n) is 4.11. The van der Waals surface area contributed by atoms with Crippen LogP contribution in [-0.4, -0.2) is 5.38 Å². The maximum absolute atomic E-state index is 13.1. The molecule has 0 spiro atoms. The number of halogens is 3. The van der Waals surface area contributed by atoms with Crippen molar-refractivity contribution in [2.24, 2.45) is 0 Å². The van der Waals surface area contributed by atoms with Crippen LogP contribution in [0.1, 0.15) is 31.2 Å². The van der Waals surface area contributed by atoms with Crippen molar-refractivity contribution in [3.63, 3.8) is 0 Å². The highest BCUT2D eigenvalue weighted by atomic mass is 35.5. The van der Waals surface area contributed by atoms with Gasteiger partial charge >= 0.3 is 0 Å². The first-order chi connectivity index (χ1) is 7.65. The maximum atomic E-state index is 13.1. The van der Waals surface area contributed by atoms with Crippen LogP contribution in [0.15, 0.2) is 24.3 Å². The lowest BCUT2D eigenvalue weighted by molar-refractivity contribution is 0.582. The molecule has 0 heterocycles. The third kappa shape index (κ3) is 2.82. The molecule has 0 saturated heterocycles. The molecule has 1 aromatic carbocycles. The minimum absolute atomic E-state index is 0.0242. The lowest BCUT2D eigenvalue weighted by Crippen LogP contribution is -1.92. The summed E-state index contributed by atoms with van der Waals surface area (Å²) < 4.78 is 26.2. The van der Waals surface area contributed by atoms with Gasteiger partial charge in [0.1, 0.15) is 11.6 Å². The first-order valence-electron chi connectivity index (χ1n) is 5.46. The van der Waals surface area contributed by atoms with Gasteiger partial charge in [0.2, 0.25) is 0 Å². The van der Waals surface area contributed by atoms with Gasteiger partial charge in [-0.15, -0.1) is 11.6 Å². The summed E-state index contributed by atoms with van der Waals surface area (Å²) in [4.78, 5) is 0. The highest BCUT2D eigenvalue weighted by molar-refractivity contribution is 6.22. The zero-order valence-corrected chi connectivity index (χ0v) is 9.61. The predicted octanol–water partition coefficient (Wildman–Crippen LogP) is 4.53. The van der Waals surface area contributed by atoms with E-state index in [0.717, 1.165) is 37.3 Å². The second-order valence-corrected chi connectivity index (χ2v) is 4.67. The zero-order valence-electron chi connectivity index (χ0n) is 8.85. The molecule has 86 valence electrons. The summed E-state index contributed by atoms with van der Waals surface area (Å²) in [5, 5.41) is -0.0242. The van der Waals surface area contributed by atoms with E-state index in [0.29, 0.717) is 5.56 Å². The SMILES string of the molecule is Fc1cc(F)cc(C2=CC(Cl)CCCC2)c1. The summed E-state index contributed by atoms with van der Waals surface area (Å²) >= 11 is 6.08. The number of hydrogen-bond donors (Lipinski definition) is 0. The van der Waals surface area contributed by atoms with E-state index in [-0.39, 0.29) is 5.38 Å². The van der Waals surface area contributed by atoms with Crippen molar-refractivity contribution in [3.8, 4) is 0 Å². The Bertz CT molecular complexity index is 392. The number of alkyl halides is 1. The van der Waals surface area contributed by atoms with Gasteiger partial charge in [-0.3, -0.25) is 0 Å². The summed E-state index contributed by atoms with van der Waals surface area (Å²) in [6.07, 6.45) is 5.77. The van der Waals surface area contributed by atoms with Crippen LogP contribution in [0.2, 0.25) is 0 Å². The predicted molar refractivity (Wildman–Crippen MR) is 62.4 cm³/mol. The van der Waals surface area contributed by atoms with Crippen LogP contribution in [0.4, 0.5) is 8.78 Å². The molecule has 0 radical (unpaired) electrons. The highest BCUT2D eigenvalue weighted by Gasteiger charge is 2.12. The molecule has 16 heavy (non-hydrogen) atoms. The molecule has 1 aromatic rings. The van der Waals surface area contributed by atoms with E-state index in [2.05, 4.69) is 0 Å². The highest BCUT2D eigenvalue weighted by Crippen LogP contribution is 2.28. The summed E-state index contributed by atoms with van der Waals surface area (Å²) in [5.74, 6) is -1.07. The van der Waals surface area contributed by atoms with Crippen molar-refractivity contribution >= 4 is 17.2 Å². The van der Waals surface area contributed by atoms with Gasteiger partial charge < -0.3 is 0 Å². The minimum Gasteiger partial charge on any atom is -0.207 e. The Morgan fingerprint density at radius 3 is 2.44 bits per heavy atom. The fourth-order valence-electron chi connectivity index (χ4n) is 2.02. The lowest BCUT2D eigenvalue weighted by atomic mass is 10.0. The molecule has 1 aliphatic carbocycles. The number of rotatable bonds is 1. The van der Waals surface area contributed by atoms with Crippen molar-refractivity contribution in [3.05, 3.63) is 41.5 Å². The van der Waals surface area contributed by atoms with E-state index in [1.165, 1.54) is 12.1 Å². The van der Waals surface area contributed by atoms with Crippen molar-refractivity contribution < 1.29 is 8.78 Å². The monoisotopic (exact) mass is 242 g/mol. The molecule has 0 aromatic heterocycles. The molecular formula is C13H13ClF2.